The van der Waals surface area contributed by atoms with Crippen LogP contribution in [0.15, 0.2) is 49.4 Å². The lowest BCUT2D eigenvalue weighted by molar-refractivity contribution is -0.133. The fourth-order valence-electron chi connectivity index (χ4n) is 4.07. The number of pyridine rings is 2. The highest BCUT2D eigenvalue weighted by molar-refractivity contribution is 5.85. The molecule has 9 heteroatoms. The summed E-state index contributed by atoms with van der Waals surface area (Å²) in [6.07, 6.45) is 6.73. The van der Waals surface area contributed by atoms with E-state index < -0.39 is 6.10 Å². The van der Waals surface area contributed by atoms with E-state index in [-0.39, 0.29) is 18.4 Å². The number of carbonyl (C=O) groups excluding carboxylic acids is 1. The van der Waals surface area contributed by atoms with Gasteiger partial charge in [-0.15, -0.1) is 6.58 Å². The predicted molar refractivity (Wildman–Crippen MR) is 133 cm³/mol. The second-order valence-corrected chi connectivity index (χ2v) is 8.67. The maximum atomic E-state index is 12.4. The van der Waals surface area contributed by atoms with Crippen LogP contribution in [0.2, 0.25) is 0 Å². The zero-order chi connectivity index (χ0) is 24.9. The van der Waals surface area contributed by atoms with Crippen LogP contribution >= 0.6 is 0 Å². The number of hydrogen-bond acceptors (Lipinski definition) is 7. The molecule has 3 aromatic rings. The number of ether oxygens (including phenoxy) is 1. The number of aliphatic hydroxyl groups excluding tert-OH is 1. The molecule has 1 N–H and O–H groups in total. The van der Waals surface area contributed by atoms with Crippen LogP contribution in [0, 0.1) is 17.2 Å². The van der Waals surface area contributed by atoms with Gasteiger partial charge in [-0.05, 0) is 24.6 Å². The van der Waals surface area contributed by atoms with Crippen LogP contribution < -0.4 is 9.64 Å². The molecule has 1 saturated heterocycles. The minimum absolute atomic E-state index is 0.106. The van der Waals surface area contributed by atoms with Crippen molar-refractivity contribution in [1.82, 2.24) is 19.5 Å². The first-order valence-corrected chi connectivity index (χ1v) is 11.8. The molecule has 0 aromatic carbocycles. The van der Waals surface area contributed by atoms with Crippen molar-refractivity contribution >= 4 is 17.2 Å². The summed E-state index contributed by atoms with van der Waals surface area (Å²) >= 11 is 0. The van der Waals surface area contributed by atoms with Gasteiger partial charge in [0, 0.05) is 43.5 Å². The molecular formula is C26H30N6O3. The first-order valence-electron chi connectivity index (χ1n) is 11.8. The standard InChI is InChI=1S/C26H30N6O3/c1-4-18(3)26(34)31-10-8-30(9-11-31)24-7-6-19(14-28-24)23-12-22(35-17-21(33)5-2)16-32-25(23)20(13-27)15-29-32/h4,6-7,12,14-16,18,21,33H,1,5,8-11,17H2,2-3H3/t18?,21-/m0/s1. The van der Waals surface area contributed by atoms with Crippen LogP contribution in [0.1, 0.15) is 25.8 Å². The first-order chi connectivity index (χ1) is 16.9. The van der Waals surface area contributed by atoms with Crippen LogP contribution in [0.4, 0.5) is 5.82 Å². The summed E-state index contributed by atoms with van der Waals surface area (Å²) in [7, 11) is 0. The Morgan fingerprint density at radius 1 is 1.31 bits per heavy atom. The highest BCUT2D eigenvalue weighted by Gasteiger charge is 2.24. The molecule has 1 aliphatic rings. The van der Waals surface area contributed by atoms with Crippen LogP contribution in [-0.4, -0.2) is 69.4 Å². The molecule has 35 heavy (non-hydrogen) atoms. The topological polar surface area (TPSA) is 107 Å². The molecule has 1 fully saturated rings. The Bertz CT molecular complexity index is 1240. The minimum atomic E-state index is -0.557. The second kappa shape index (κ2) is 10.6. The van der Waals surface area contributed by atoms with Crippen LogP contribution in [0.5, 0.6) is 5.75 Å². The van der Waals surface area contributed by atoms with Gasteiger partial charge in [0.05, 0.1) is 35.5 Å². The second-order valence-electron chi connectivity index (χ2n) is 8.67. The monoisotopic (exact) mass is 474 g/mol. The van der Waals surface area contributed by atoms with Gasteiger partial charge < -0.3 is 19.6 Å². The minimum Gasteiger partial charge on any atom is -0.489 e. The lowest BCUT2D eigenvalue weighted by Crippen LogP contribution is -2.50. The van der Waals surface area contributed by atoms with E-state index in [0.29, 0.717) is 49.4 Å². The van der Waals surface area contributed by atoms with Crippen molar-refractivity contribution in [2.45, 2.75) is 26.4 Å². The number of carbonyl (C=O) groups is 1. The van der Waals surface area contributed by atoms with E-state index in [1.54, 1.807) is 23.0 Å². The zero-order valence-electron chi connectivity index (χ0n) is 20.1. The molecule has 3 aromatic heterocycles. The fourth-order valence-corrected chi connectivity index (χ4v) is 4.07. The molecule has 0 radical (unpaired) electrons. The molecule has 0 saturated carbocycles. The van der Waals surface area contributed by atoms with Gasteiger partial charge in [-0.2, -0.15) is 10.4 Å². The van der Waals surface area contributed by atoms with E-state index in [4.69, 9.17) is 4.74 Å². The molecule has 9 nitrogen and oxygen atoms in total. The zero-order valence-corrected chi connectivity index (χ0v) is 20.1. The number of nitrogens with zero attached hydrogens (tertiary/aromatic N) is 6. The summed E-state index contributed by atoms with van der Waals surface area (Å²) in [6.45, 7) is 10.3. The molecule has 0 aliphatic carbocycles. The number of hydrogen-bond donors (Lipinski definition) is 1. The molecular weight excluding hydrogens is 444 g/mol. The highest BCUT2D eigenvalue weighted by atomic mass is 16.5. The van der Waals surface area contributed by atoms with Gasteiger partial charge in [-0.1, -0.05) is 19.9 Å². The van der Waals surface area contributed by atoms with Gasteiger partial charge in [-0.25, -0.2) is 9.50 Å². The van der Waals surface area contributed by atoms with Gasteiger partial charge in [0.15, 0.2) is 0 Å². The molecule has 2 atom stereocenters. The molecule has 4 rings (SSSR count). The normalized spacial score (nSPS) is 15.5. The van der Waals surface area contributed by atoms with Crippen molar-refractivity contribution in [3.63, 3.8) is 0 Å². The smallest absolute Gasteiger partial charge is 0.229 e. The quantitative estimate of drug-likeness (QED) is 0.500. The number of nitriles is 1. The summed E-state index contributed by atoms with van der Waals surface area (Å²) in [5, 5.41) is 23.7. The third kappa shape index (κ3) is 5.12. The van der Waals surface area contributed by atoms with E-state index in [2.05, 4.69) is 27.6 Å². The largest absolute Gasteiger partial charge is 0.489 e. The summed E-state index contributed by atoms with van der Waals surface area (Å²) in [5.41, 5.74) is 2.73. The van der Waals surface area contributed by atoms with E-state index >= 15 is 0 Å². The van der Waals surface area contributed by atoms with Crippen LogP contribution in [0.25, 0.3) is 16.6 Å². The Morgan fingerprint density at radius 3 is 2.71 bits per heavy atom. The number of piperazine rings is 1. The SMILES string of the molecule is C=CC(C)C(=O)N1CCN(c2ccc(-c3cc(OC[C@@H](O)CC)cn4ncc(C#N)c34)cn2)CC1. The summed E-state index contributed by atoms with van der Waals surface area (Å²) in [5.74, 6) is 1.31. The molecule has 1 amide bonds. The molecule has 0 spiro atoms. The van der Waals surface area contributed by atoms with Crippen molar-refractivity contribution in [3.8, 4) is 22.9 Å². The Hall–Kier alpha value is -3.90. The van der Waals surface area contributed by atoms with Gasteiger partial charge >= 0.3 is 0 Å². The van der Waals surface area contributed by atoms with E-state index in [1.165, 1.54) is 6.20 Å². The number of amides is 1. The molecule has 4 heterocycles. The fraction of sp³-hybridized carbons (Fsp3) is 0.385. The van der Waals surface area contributed by atoms with Crippen molar-refractivity contribution in [1.29, 1.82) is 5.26 Å². The predicted octanol–water partition coefficient (Wildman–Crippen LogP) is 2.89. The van der Waals surface area contributed by atoms with Crippen molar-refractivity contribution in [3.05, 3.63) is 55.0 Å². The van der Waals surface area contributed by atoms with Crippen molar-refractivity contribution in [2.24, 2.45) is 5.92 Å². The summed E-state index contributed by atoms with van der Waals surface area (Å²) < 4.78 is 7.41. The number of rotatable bonds is 8. The van der Waals surface area contributed by atoms with Crippen molar-refractivity contribution in [2.75, 3.05) is 37.7 Å². The average molecular weight is 475 g/mol. The van der Waals surface area contributed by atoms with Gasteiger partial charge in [0.25, 0.3) is 0 Å². The van der Waals surface area contributed by atoms with Crippen LogP contribution in [0.3, 0.4) is 0 Å². The summed E-state index contributed by atoms with van der Waals surface area (Å²) in [4.78, 5) is 21.1. The van der Waals surface area contributed by atoms with Gasteiger partial charge in [0.1, 0.15) is 24.2 Å². The third-order valence-electron chi connectivity index (χ3n) is 6.34. The lowest BCUT2D eigenvalue weighted by Gasteiger charge is -2.36. The van der Waals surface area contributed by atoms with Crippen LogP contribution in [-0.2, 0) is 4.79 Å². The average Bonchev–Trinajstić information content (AvgIpc) is 3.33. The van der Waals surface area contributed by atoms with E-state index in [9.17, 15) is 15.2 Å². The Morgan fingerprint density at radius 2 is 2.09 bits per heavy atom. The Kier molecular flexibility index (Phi) is 7.32. The first kappa shape index (κ1) is 24.2. The third-order valence-corrected chi connectivity index (χ3v) is 6.34. The molecule has 1 aliphatic heterocycles. The number of anilines is 1. The Balaban J connectivity index is 1.56. The molecule has 0 bridgehead atoms. The maximum absolute atomic E-state index is 12.4. The molecule has 1 unspecified atom stereocenters. The highest BCUT2D eigenvalue weighted by Crippen LogP contribution is 2.31. The van der Waals surface area contributed by atoms with E-state index in [1.807, 2.05) is 36.9 Å². The van der Waals surface area contributed by atoms with Gasteiger partial charge in [0.2, 0.25) is 5.91 Å². The van der Waals surface area contributed by atoms with Gasteiger partial charge in [-0.3, -0.25) is 4.79 Å². The number of aromatic nitrogens is 3. The summed E-state index contributed by atoms with van der Waals surface area (Å²) in [6, 6.07) is 7.96. The maximum Gasteiger partial charge on any atom is 0.229 e. The number of fused-ring (bicyclic) bond motifs is 1. The van der Waals surface area contributed by atoms with E-state index in [0.717, 1.165) is 16.9 Å². The number of aliphatic hydroxyl groups is 1. The molecule has 182 valence electrons. The lowest BCUT2D eigenvalue weighted by atomic mass is 10.1. The Labute approximate surface area is 204 Å². The van der Waals surface area contributed by atoms with Crippen molar-refractivity contribution < 1.29 is 14.6 Å².